The maximum absolute atomic E-state index is 12.0. The standard InChI is InChI=1S/C15H22F2N2O2/c1-3-9-19-14(20)8-10-18-11(2)12-4-6-13(7-5-12)21-15(16)17/h4-7,11,15,18H,3,8-10H2,1-2H3,(H,19,20). The predicted octanol–water partition coefficient (Wildman–Crippen LogP) is 2.85. The van der Waals surface area contributed by atoms with Crippen molar-refractivity contribution in [3.8, 4) is 5.75 Å². The van der Waals surface area contributed by atoms with E-state index in [2.05, 4.69) is 15.4 Å². The van der Waals surface area contributed by atoms with Gasteiger partial charge < -0.3 is 15.4 Å². The van der Waals surface area contributed by atoms with Crippen molar-refractivity contribution in [1.82, 2.24) is 10.6 Å². The van der Waals surface area contributed by atoms with Crippen LogP contribution in [0.5, 0.6) is 5.75 Å². The van der Waals surface area contributed by atoms with Gasteiger partial charge >= 0.3 is 6.61 Å². The molecule has 0 radical (unpaired) electrons. The minimum atomic E-state index is -2.81. The minimum Gasteiger partial charge on any atom is -0.435 e. The van der Waals surface area contributed by atoms with Crippen LogP contribution in [0.2, 0.25) is 0 Å². The molecule has 4 nitrogen and oxygen atoms in total. The van der Waals surface area contributed by atoms with Gasteiger partial charge in [-0.2, -0.15) is 8.78 Å². The SMILES string of the molecule is CCCNC(=O)CCNC(C)c1ccc(OC(F)F)cc1. The molecule has 0 aliphatic heterocycles. The Balaban J connectivity index is 2.34. The summed E-state index contributed by atoms with van der Waals surface area (Å²) in [5.74, 6) is 0.164. The van der Waals surface area contributed by atoms with Gasteiger partial charge in [0, 0.05) is 25.6 Å². The highest BCUT2D eigenvalue weighted by molar-refractivity contribution is 5.75. The van der Waals surface area contributed by atoms with E-state index in [-0.39, 0.29) is 17.7 Å². The second-order valence-electron chi connectivity index (χ2n) is 4.72. The lowest BCUT2D eigenvalue weighted by Gasteiger charge is -2.14. The molecule has 1 aromatic carbocycles. The molecular weight excluding hydrogens is 278 g/mol. The van der Waals surface area contributed by atoms with E-state index in [9.17, 15) is 13.6 Å². The van der Waals surface area contributed by atoms with Crippen molar-refractivity contribution in [2.75, 3.05) is 13.1 Å². The summed E-state index contributed by atoms with van der Waals surface area (Å²) in [6.45, 7) is 2.40. The summed E-state index contributed by atoms with van der Waals surface area (Å²) in [5, 5.41) is 6.02. The van der Waals surface area contributed by atoms with E-state index >= 15 is 0 Å². The van der Waals surface area contributed by atoms with Crippen molar-refractivity contribution in [1.29, 1.82) is 0 Å². The van der Waals surface area contributed by atoms with E-state index in [1.807, 2.05) is 13.8 Å². The van der Waals surface area contributed by atoms with Crippen LogP contribution >= 0.6 is 0 Å². The van der Waals surface area contributed by atoms with E-state index in [0.29, 0.717) is 19.5 Å². The van der Waals surface area contributed by atoms with Crippen LogP contribution in [-0.2, 0) is 4.79 Å². The fourth-order valence-electron chi connectivity index (χ4n) is 1.81. The first-order valence-corrected chi connectivity index (χ1v) is 7.07. The first kappa shape index (κ1) is 17.4. The van der Waals surface area contributed by atoms with Gasteiger partial charge in [-0.15, -0.1) is 0 Å². The Hall–Kier alpha value is -1.69. The summed E-state index contributed by atoms with van der Waals surface area (Å²) >= 11 is 0. The van der Waals surface area contributed by atoms with Gasteiger partial charge in [-0.1, -0.05) is 19.1 Å². The third-order valence-corrected chi connectivity index (χ3v) is 2.98. The summed E-state index contributed by atoms with van der Waals surface area (Å²) in [4.78, 5) is 11.4. The smallest absolute Gasteiger partial charge is 0.387 e. The molecule has 0 saturated heterocycles. The van der Waals surface area contributed by atoms with Crippen LogP contribution in [0.3, 0.4) is 0 Å². The largest absolute Gasteiger partial charge is 0.435 e. The van der Waals surface area contributed by atoms with Crippen LogP contribution in [0.15, 0.2) is 24.3 Å². The van der Waals surface area contributed by atoms with E-state index in [1.165, 1.54) is 12.1 Å². The maximum Gasteiger partial charge on any atom is 0.387 e. The number of nitrogens with one attached hydrogen (secondary N) is 2. The first-order valence-electron chi connectivity index (χ1n) is 7.07. The Kier molecular flexibility index (Phi) is 7.68. The van der Waals surface area contributed by atoms with Crippen LogP contribution in [-0.4, -0.2) is 25.6 Å². The molecule has 1 aromatic rings. The molecule has 0 fully saturated rings. The van der Waals surface area contributed by atoms with Gasteiger partial charge in [0.15, 0.2) is 0 Å². The monoisotopic (exact) mass is 300 g/mol. The van der Waals surface area contributed by atoms with E-state index in [1.54, 1.807) is 12.1 Å². The summed E-state index contributed by atoms with van der Waals surface area (Å²) in [7, 11) is 0. The molecule has 0 bridgehead atoms. The minimum absolute atomic E-state index is 0.0252. The van der Waals surface area contributed by atoms with Gasteiger partial charge in [-0.05, 0) is 31.0 Å². The lowest BCUT2D eigenvalue weighted by atomic mass is 10.1. The quantitative estimate of drug-likeness (QED) is 0.737. The molecule has 2 N–H and O–H groups in total. The number of hydrogen-bond donors (Lipinski definition) is 2. The summed E-state index contributed by atoms with van der Waals surface area (Å²) in [6, 6.07) is 6.50. The third kappa shape index (κ3) is 7.04. The molecule has 21 heavy (non-hydrogen) atoms. The number of alkyl halides is 2. The molecule has 0 aromatic heterocycles. The molecule has 0 saturated carbocycles. The number of benzene rings is 1. The third-order valence-electron chi connectivity index (χ3n) is 2.98. The average molecular weight is 300 g/mol. The van der Waals surface area contributed by atoms with Crippen molar-refractivity contribution in [2.45, 2.75) is 39.3 Å². The molecule has 1 rings (SSSR count). The molecule has 1 atom stereocenters. The van der Waals surface area contributed by atoms with E-state index in [4.69, 9.17) is 0 Å². The van der Waals surface area contributed by atoms with Crippen LogP contribution < -0.4 is 15.4 Å². The number of hydrogen-bond acceptors (Lipinski definition) is 3. The molecule has 118 valence electrons. The Morgan fingerprint density at radius 2 is 1.90 bits per heavy atom. The second kappa shape index (κ2) is 9.28. The van der Waals surface area contributed by atoms with E-state index in [0.717, 1.165) is 12.0 Å². The molecule has 1 amide bonds. The van der Waals surface area contributed by atoms with Crippen LogP contribution in [0.4, 0.5) is 8.78 Å². The summed E-state index contributed by atoms with van der Waals surface area (Å²) < 4.78 is 28.4. The number of rotatable bonds is 9. The van der Waals surface area contributed by atoms with Crippen LogP contribution in [0.25, 0.3) is 0 Å². The van der Waals surface area contributed by atoms with Crippen molar-refractivity contribution < 1.29 is 18.3 Å². The number of carbonyl (C=O) groups is 1. The zero-order valence-corrected chi connectivity index (χ0v) is 12.4. The van der Waals surface area contributed by atoms with Crippen LogP contribution in [0.1, 0.15) is 38.3 Å². The Bertz CT molecular complexity index is 424. The van der Waals surface area contributed by atoms with E-state index < -0.39 is 6.61 Å². The Morgan fingerprint density at radius 1 is 1.24 bits per heavy atom. The maximum atomic E-state index is 12.0. The van der Waals surface area contributed by atoms with Gasteiger partial charge in [-0.25, -0.2) is 0 Å². The molecule has 1 unspecified atom stereocenters. The molecule has 6 heteroatoms. The van der Waals surface area contributed by atoms with Gasteiger partial charge in [0.05, 0.1) is 0 Å². The highest BCUT2D eigenvalue weighted by atomic mass is 19.3. The Morgan fingerprint density at radius 3 is 2.48 bits per heavy atom. The number of carbonyl (C=O) groups excluding carboxylic acids is 1. The lowest BCUT2D eigenvalue weighted by Crippen LogP contribution is -2.29. The summed E-state index contributed by atoms with van der Waals surface area (Å²) in [5.41, 5.74) is 0.950. The normalized spacial score (nSPS) is 12.2. The second-order valence-corrected chi connectivity index (χ2v) is 4.72. The Labute approximate surface area is 123 Å². The van der Waals surface area contributed by atoms with Gasteiger partial charge in [0.2, 0.25) is 5.91 Å². The average Bonchev–Trinajstić information content (AvgIpc) is 2.45. The number of amides is 1. The fourth-order valence-corrected chi connectivity index (χ4v) is 1.81. The summed E-state index contributed by atoms with van der Waals surface area (Å²) in [6.07, 6.45) is 1.33. The predicted molar refractivity (Wildman–Crippen MR) is 77.4 cm³/mol. The van der Waals surface area contributed by atoms with Gasteiger partial charge in [0.1, 0.15) is 5.75 Å². The van der Waals surface area contributed by atoms with Crippen molar-refractivity contribution >= 4 is 5.91 Å². The molecule has 0 spiro atoms. The number of ether oxygens (including phenoxy) is 1. The number of halogens is 2. The highest BCUT2D eigenvalue weighted by Crippen LogP contribution is 2.19. The van der Waals surface area contributed by atoms with Gasteiger partial charge in [0.25, 0.3) is 0 Å². The zero-order valence-electron chi connectivity index (χ0n) is 12.4. The van der Waals surface area contributed by atoms with Gasteiger partial charge in [-0.3, -0.25) is 4.79 Å². The van der Waals surface area contributed by atoms with Crippen LogP contribution in [0, 0.1) is 0 Å². The van der Waals surface area contributed by atoms with Crippen molar-refractivity contribution in [3.63, 3.8) is 0 Å². The molecule has 0 aliphatic rings. The fraction of sp³-hybridized carbons (Fsp3) is 0.533. The van der Waals surface area contributed by atoms with Crippen molar-refractivity contribution in [3.05, 3.63) is 29.8 Å². The molecular formula is C15H22F2N2O2. The lowest BCUT2D eigenvalue weighted by molar-refractivity contribution is -0.121. The zero-order chi connectivity index (χ0) is 15.7. The van der Waals surface area contributed by atoms with Crippen molar-refractivity contribution in [2.24, 2.45) is 0 Å². The molecule has 0 aliphatic carbocycles. The topological polar surface area (TPSA) is 50.4 Å². The highest BCUT2D eigenvalue weighted by Gasteiger charge is 2.08. The first-order chi connectivity index (χ1) is 10.0. The molecule has 0 heterocycles.